The Morgan fingerprint density at radius 3 is 2.56 bits per heavy atom. The van der Waals surface area contributed by atoms with Gasteiger partial charge in [-0.1, -0.05) is 19.1 Å². The first-order valence-corrected chi connectivity index (χ1v) is 7.88. The predicted molar refractivity (Wildman–Crippen MR) is 97.0 cm³/mol. The van der Waals surface area contributed by atoms with Crippen LogP contribution in [0.3, 0.4) is 0 Å². The number of imidazole rings is 1. The number of H-pyrrole nitrogens is 2. The van der Waals surface area contributed by atoms with E-state index in [4.69, 9.17) is 0 Å². The molecule has 0 bridgehead atoms. The molecule has 7 heteroatoms. The number of aromatic nitrogens is 2. The molecule has 3 N–H and O–H groups in total. The van der Waals surface area contributed by atoms with Crippen LogP contribution in [0.1, 0.15) is 23.7 Å². The van der Waals surface area contributed by atoms with Crippen molar-refractivity contribution in [3.05, 3.63) is 58.5 Å². The minimum Gasteiger partial charge on any atom is -0.322 e. The Morgan fingerprint density at radius 1 is 1.08 bits per heavy atom. The largest absolute Gasteiger partial charge is 0.323 e. The average molecular weight is 338 g/mol. The number of fused-ring (bicyclic) bond motifs is 1. The second-order valence-electron chi connectivity index (χ2n) is 5.62. The van der Waals surface area contributed by atoms with Crippen LogP contribution < -0.4 is 15.9 Å². The first kappa shape index (κ1) is 16.5. The van der Waals surface area contributed by atoms with Crippen molar-refractivity contribution in [2.24, 2.45) is 0 Å². The lowest BCUT2D eigenvalue weighted by molar-refractivity contribution is -0.118. The summed E-state index contributed by atoms with van der Waals surface area (Å²) < 4.78 is 0. The summed E-state index contributed by atoms with van der Waals surface area (Å²) in [5.74, 6) is -0.407. The Hall–Kier alpha value is -3.35. The molecule has 0 saturated heterocycles. The van der Waals surface area contributed by atoms with Gasteiger partial charge in [-0.3, -0.25) is 9.59 Å². The third-order valence-corrected chi connectivity index (χ3v) is 3.96. The molecule has 0 aliphatic rings. The van der Waals surface area contributed by atoms with E-state index in [-0.39, 0.29) is 17.5 Å². The Labute approximate surface area is 143 Å². The van der Waals surface area contributed by atoms with E-state index < -0.39 is 0 Å². The van der Waals surface area contributed by atoms with Crippen LogP contribution in [0.15, 0.2) is 47.3 Å². The molecule has 0 aliphatic heterocycles. The summed E-state index contributed by atoms with van der Waals surface area (Å²) in [5, 5.41) is 2.80. The fraction of sp³-hybridized carbons (Fsp3) is 0.167. The first-order chi connectivity index (χ1) is 12.0. The van der Waals surface area contributed by atoms with Gasteiger partial charge in [0.2, 0.25) is 5.91 Å². The molecule has 128 valence electrons. The molecule has 2 amide bonds. The molecule has 25 heavy (non-hydrogen) atoms. The number of benzene rings is 2. The maximum Gasteiger partial charge on any atom is 0.323 e. The van der Waals surface area contributed by atoms with Crippen LogP contribution in [-0.4, -0.2) is 28.8 Å². The molecule has 0 radical (unpaired) electrons. The molecule has 1 aromatic heterocycles. The molecule has 3 aromatic rings. The average Bonchev–Trinajstić information content (AvgIpc) is 2.99. The van der Waals surface area contributed by atoms with Crippen LogP contribution in [0.5, 0.6) is 0 Å². The predicted octanol–water partition coefficient (Wildman–Crippen LogP) is 2.48. The SMILES string of the molecule is CCC(=O)N(C)c1ccccc1C(=O)Nc1ccc2[nH]c(=O)[nH]c2c1. The highest BCUT2D eigenvalue weighted by molar-refractivity contribution is 6.10. The van der Waals surface area contributed by atoms with Crippen LogP contribution >= 0.6 is 0 Å². The molecule has 0 aliphatic carbocycles. The monoisotopic (exact) mass is 338 g/mol. The molecule has 0 spiro atoms. The number of rotatable bonds is 4. The normalized spacial score (nSPS) is 10.6. The molecule has 7 nitrogen and oxygen atoms in total. The Balaban J connectivity index is 1.90. The zero-order chi connectivity index (χ0) is 18.0. The van der Waals surface area contributed by atoms with Crippen molar-refractivity contribution in [2.45, 2.75) is 13.3 Å². The molecular formula is C18H18N4O3. The van der Waals surface area contributed by atoms with Crippen molar-refractivity contribution in [3.8, 4) is 0 Å². The number of anilines is 2. The zero-order valence-corrected chi connectivity index (χ0v) is 13.9. The van der Waals surface area contributed by atoms with Gasteiger partial charge >= 0.3 is 5.69 Å². The second-order valence-corrected chi connectivity index (χ2v) is 5.62. The Morgan fingerprint density at radius 2 is 1.80 bits per heavy atom. The fourth-order valence-corrected chi connectivity index (χ4v) is 2.64. The minimum atomic E-state index is -0.330. The number of carbonyl (C=O) groups excluding carboxylic acids is 2. The van der Waals surface area contributed by atoms with Crippen LogP contribution in [0.4, 0.5) is 11.4 Å². The van der Waals surface area contributed by atoms with Crippen molar-refractivity contribution in [1.82, 2.24) is 9.97 Å². The molecular weight excluding hydrogens is 320 g/mol. The Bertz CT molecular complexity index is 1000. The summed E-state index contributed by atoms with van der Waals surface area (Å²) >= 11 is 0. The summed E-state index contributed by atoms with van der Waals surface area (Å²) in [4.78, 5) is 42.7. The third kappa shape index (κ3) is 3.30. The molecule has 0 fully saturated rings. The third-order valence-electron chi connectivity index (χ3n) is 3.96. The number of nitrogens with zero attached hydrogens (tertiary/aromatic N) is 1. The lowest BCUT2D eigenvalue weighted by Gasteiger charge is -2.19. The lowest BCUT2D eigenvalue weighted by atomic mass is 10.1. The van der Waals surface area contributed by atoms with E-state index in [0.29, 0.717) is 34.4 Å². The second kappa shape index (κ2) is 6.64. The fourth-order valence-electron chi connectivity index (χ4n) is 2.64. The molecule has 0 unspecified atom stereocenters. The molecule has 0 atom stereocenters. The number of amides is 2. The topological polar surface area (TPSA) is 98.1 Å². The van der Waals surface area contributed by atoms with E-state index >= 15 is 0 Å². The standard InChI is InChI=1S/C18H18N4O3/c1-3-16(23)22(2)15-7-5-4-6-12(15)17(24)19-11-8-9-13-14(10-11)21-18(25)20-13/h4-10H,3H2,1-2H3,(H,19,24)(H2,20,21,25). The van der Waals surface area contributed by atoms with Gasteiger partial charge in [0.15, 0.2) is 0 Å². The number of hydrogen-bond donors (Lipinski definition) is 3. The maximum atomic E-state index is 12.7. The number of aromatic amines is 2. The molecule has 0 saturated carbocycles. The van der Waals surface area contributed by atoms with E-state index in [1.54, 1.807) is 56.4 Å². The van der Waals surface area contributed by atoms with Crippen molar-refractivity contribution in [1.29, 1.82) is 0 Å². The van der Waals surface area contributed by atoms with E-state index in [1.165, 1.54) is 4.90 Å². The highest BCUT2D eigenvalue weighted by Crippen LogP contribution is 2.22. The van der Waals surface area contributed by atoms with Gasteiger partial charge in [0.1, 0.15) is 0 Å². The van der Waals surface area contributed by atoms with Gasteiger partial charge in [0.25, 0.3) is 5.91 Å². The van der Waals surface area contributed by atoms with Crippen LogP contribution in [0, 0.1) is 0 Å². The van der Waals surface area contributed by atoms with Gasteiger partial charge in [-0.2, -0.15) is 0 Å². The molecule has 1 heterocycles. The van der Waals surface area contributed by atoms with E-state index in [2.05, 4.69) is 15.3 Å². The summed E-state index contributed by atoms with van der Waals surface area (Å²) in [6.45, 7) is 1.77. The summed E-state index contributed by atoms with van der Waals surface area (Å²) in [6.07, 6.45) is 0.351. The van der Waals surface area contributed by atoms with Crippen molar-refractivity contribution < 1.29 is 9.59 Å². The number of para-hydroxylation sites is 1. The van der Waals surface area contributed by atoms with Crippen LogP contribution in [-0.2, 0) is 4.79 Å². The minimum absolute atomic E-state index is 0.0773. The highest BCUT2D eigenvalue weighted by atomic mass is 16.2. The summed E-state index contributed by atoms with van der Waals surface area (Å²) in [7, 11) is 1.65. The van der Waals surface area contributed by atoms with Gasteiger partial charge in [-0.25, -0.2) is 4.79 Å². The summed E-state index contributed by atoms with van der Waals surface area (Å²) in [5.41, 5.74) is 2.46. The maximum absolute atomic E-state index is 12.7. The van der Waals surface area contributed by atoms with Crippen molar-refractivity contribution in [3.63, 3.8) is 0 Å². The van der Waals surface area contributed by atoms with Gasteiger partial charge in [0.05, 0.1) is 22.3 Å². The quantitative estimate of drug-likeness (QED) is 0.681. The zero-order valence-electron chi connectivity index (χ0n) is 13.9. The summed E-state index contributed by atoms with van der Waals surface area (Å²) in [6, 6.07) is 12.0. The molecule has 2 aromatic carbocycles. The van der Waals surface area contributed by atoms with Crippen molar-refractivity contribution in [2.75, 3.05) is 17.3 Å². The highest BCUT2D eigenvalue weighted by Gasteiger charge is 2.17. The van der Waals surface area contributed by atoms with Gasteiger partial charge < -0.3 is 20.2 Å². The van der Waals surface area contributed by atoms with Crippen LogP contribution in [0.25, 0.3) is 11.0 Å². The van der Waals surface area contributed by atoms with Crippen molar-refractivity contribution >= 4 is 34.2 Å². The van der Waals surface area contributed by atoms with Gasteiger partial charge in [-0.15, -0.1) is 0 Å². The smallest absolute Gasteiger partial charge is 0.322 e. The van der Waals surface area contributed by atoms with E-state index in [1.807, 2.05) is 0 Å². The van der Waals surface area contributed by atoms with E-state index in [9.17, 15) is 14.4 Å². The van der Waals surface area contributed by atoms with Gasteiger partial charge in [0, 0.05) is 19.2 Å². The number of carbonyl (C=O) groups is 2. The van der Waals surface area contributed by atoms with E-state index in [0.717, 1.165) is 0 Å². The number of hydrogen-bond acceptors (Lipinski definition) is 3. The lowest BCUT2D eigenvalue weighted by Crippen LogP contribution is -2.27. The van der Waals surface area contributed by atoms with Gasteiger partial charge in [-0.05, 0) is 30.3 Å². The Kier molecular flexibility index (Phi) is 4.38. The molecule has 3 rings (SSSR count). The number of nitrogens with one attached hydrogen (secondary N) is 3. The van der Waals surface area contributed by atoms with Crippen LogP contribution in [0.2, 0.25) is 0 Å². The first-order valence-electron chi connectivity index (χ1n) is 7.88.